The molecule has 2 aromatic heterocycles. The van der Waals surface area contributed by atoms with Crippen LogP contribution in [0.1, 0.15) is 0 Å². The van der Waals surface area contributed by atoms with E-state index in [4.69, 9.17) is 9.84 Å². The van der Waals surface area contributed by atoms with Crippen LogP contribution in [-0.4, -0.2) is 38.4 Å². The maximum Gasteiger partial charge on any atom is 0.268 e. The number of aliphatic hydroxyl groups excluding tert-OH is 1. The number of aryl methyl sites for hydroxylation is 1. The normalized spacial score (nSPS) is 12.0. The van der Waals surface area contributed by atoms with Crippen molar-refractivity contribution < 1.29 is 18.3 Å². The molecule has 0 aliphatic carbocycles. The van der Waals surface area contributed by atoms with Gasteiger partial charge in [0.2, 0.25) is 10.0 Å². The molecule has 0 saturated heterocycles. The van der Waals surface area contributed by atoms with Crippen molar-refractivity contribution in [1.29, 1.82) is 0 Å². The maximum atomic E-state index is 12.7. The van der Waals surface area contributed by atoms with Crippen molar-refractivity contribution in [1.82, 2.24) is 9.29 Å². The highest BCUT2D eigenvalue weighted by Gasteiger charge is 2.19. The van der Waals surface area contributed by atoms with Gasteiger partial charge in [-0.2, -0.15) is 0 Å². The van der Waals surface area contributed by atoms with E-state index in [1.165, 1.54) is 23.5 Å². The molecule has 30 heavy (non-hydrogen) atoms. The zero-order valence-corrected chi connectivity index (χ0v) is 18.0. The van der Waals surface area contributed by atoms with Gasteiger partial charge in [0.1, 0.15) is 10.4 Å². The first-order chi connectivity index (χ1) is 14.4. The summed E-state index contributed by atoms with van der Waals surface area (Å²) in [5, 5.41) is 12.5. The number of sulfonamides is 1. The average molecular weight is 445 g/mol. The van der Waals surface area contributed by atoms with Gasteiger partial charge in [0.25, 0.3) is 5.56 Å². The molecule has 0 amide bonds. The van der Waals surface area contributed by atoms with Crippen molar-refractivity contribution in [3.63, 3.8) is 0 Å². The second-order valence-corrected chi connectivity index (χ2v) is 9.39. The van der Waals surface area contributed by atoms with E-state index in [2.05, 4.69) is 4.72 Å². The van der Waals surface area contributed by atoms with Crippen molar-refractivity contribution in [2.24, 2.45) is 7.05 Å². The zero-order valence-electron chi connectivity index (χ0n) is 16.4. The lowest BCUT2D eigenvalue weighted by Crippen LogP contribution is -2.26. The Morgan fingerprint density at radius 3 is 2.53 bits per heavy atom. The fraction of sp³-hybridized carbons (Fsp3) is 0.190. The molecule has 0 unspecified atom stereocenters. The fourth-order valence-electron chi connectivity index (χ4n) is 3.58. The number of fused-ring (bicyclic) bond motifs is 3. The van der Waals surface area contributed by atoms with Gasteiger partial charge in [-0.25, -0.2) is 13.1 Å². The molecule has 2 aromatic carbocycles. The number of hydrogen-bond donors (Lipinski definition) is 2. The van der Waals surface area contributed by atoms with Crippen LogP contribution in [0, 0.1) is 0 Å². The van der Waals surface area contributed by atoms with E-state index in [1.54, 1.807) is 30.9 Å². The lowest BCUT2D eigenvalue weighted by Gasteiger charge is -2.16. The van der Waals surface area contributed by atoms with E-state index in [9.17, 15) is 13.2 Å². The quantitative estimate of drug-likeness (QED) is 0.477. The van der Waals surface area contributed by atoms with E-state index >= 15 is 0 Å². The number of thiophene rings is 1. The van der Waals surface area contributed by atoms with Gasteiger partial charge in [0, 0.05) is 29.9 Å². The molecule has 7 nitrogen and oxygen atoms in total. The highest BCUT2D eigenvalue weighted by molar-refractivity contribution is 7.89. The van der Waals surface area contributed by atoms with Crippen molar-refractivity contribution in [2.75, 3.05) is 20.3 Å². The fourth-order valence-corrected chi connectivity index (χ4v) is 5.48. The van der Waals surface area contributed by atoms with Gasteiger partial charge in [-0.1, -0.05) is 12.1 Å². The summed E-state index contributed by atoms with van der Waals surface area (Å²) >= 11 is 1.39. The molecule has 4 aromatic rings. The van der Waals surface area contributed by atoms with Crippen molar-refractivity contribution in [3.8, 4) is 16.9 Å². The van der Waals surface area contributed by atoms with Crippen LogP contribution >= 0.6 is 11.3 Å². The molecule has 0 atom stereocenters. The highest BCUT2D eigenvalue weighted by Crippen LogP contribution is 2.40. The first kappa shape index (κ1) is 20.5. The molecule has 0 aliphatic heterocycles. The van der Waals surface area contributed by atoms with Gasteiger partial charge in [-0.3, -0.25) is 4.79 Å². The van der Waals surface area contributed by atoms with Crippen molar-refractivity contribution in [3.05, 3.63) is 58.2 Å². The largest absolute Gasteiger partial charge is 0.496 e. The molecule has 0 saturated carbocycles. The first-order valence-electron chi connectivity index (χ1n) is 9.17. The molecule has 0 fully saturated rings. The van der Waals surface area contributed by atoms with Crippen LogP contribution in [0.5, 0.6) is 5.75 Å². The summed E-state index contributed by atoms with van der Waals surface area (Å²) in [7, 11) is -0.386. The van der Waals surface area contributed by atoms with E-state index in [-0.39, 0.29) is 23.6 Å². The van der Waals surface area contributed by atoms with Gasteiger partial charge in [-0.05, 0) is 41.3 Å². The van der Waals surface area contributed by atoms with Crippen molar-refractivity contribution in [2.45, 2.75) is 4.90 Å². The summed E-state index contributed by atoms with van der Waals surface area (Å²) in [6, 6.07) is 12.0. The number of aliphatic hydroxyl groups is 1. The Kier molecular flexibility index (Phi) is 5.37. The third kappa shape index (κ3) is 3.29. The summed E-state index contributed by atoms with van der Waals surface area (Å²) in [6.45, 7) is -0.328. The van der Waals surface area contributed by atoms with E-state index in [0.29, 0.717) is 10.4 Å². The summed E-state index contributed by atoms with van der Waals surface area (Å²) in [6.07, 6.45) is 0. The number of pyridine rings is 1. The zero-order chi connectivity index (χ0) is 21.5. The summed E-state index contributed by atoms with van der Waals surface area (Å²) < 4.78 is 34.8. The molecule has 0 aliphatic rings. The standard InChI is InChI=1S/C21H20N2O5S2/c1-23-16-7-8-17(28-2)18(19(16)15-9-12-29-20(15)21(23)25)13-3-5-14(6-4-13)30(26,27)22-10-11-24/h3-9,12,22,24H,10-11H2,1-2H3. The third-order valence-electron chi connectivity index (χ3n) is 5.02. The monoisotopic (exact) mass is 444 g/mol. The number of ether oxygens (including phenoxy) is 1. The Morgan fingerprint density at radius 2 is 1.87 bits per heavy atom. The number of hydrogen-bond acceptors (Lipinski definition) is 6. The second-order valence-electron chi connectivity index (χ2n) is 6.71. The van der Waals surface area contributed by atoms with Gasteiger partial charge < -0.3 is 14.4 Å². The minimum atomic E-state index is -3.70. The average Bonchev–Trinajstić information content (AvgIpc) is 3.25. The van der Waals surface area contributed by atoms with Crippen LogP contribution < -0.4 is 15.0 Å². The SMILES string of the molecule is COc1ccc2c(c1-c1ccc(S(=O)(=O)NCCO)cc1)c1ccsc1c(=O)n2C. The number of nitrogens with zero attached hydrogens (tertiary/aromatic N) is 1. The Labute approximate surface area is 177 Å². The summed E-state index contributed by atoms with van der Waals surface area (Å²) in [5.74, 6) is 0.627. The Balaban J connectivity index is 1.98. The van der Waals surface area contributed by atoms with Crippen molar-refractivity contribution >= 4 is 42.3 Å². The molecular weight excluding hydrogens is 424 g/mol. The van der Waals surface area contributed by atoms with Crippen LogP contribution in [0.4, 0.5) is 0 Å². The molecular formula is C21H20N2O5S2. The van der Waals surface area contributed by atoms with Gasteiger partial charge in [-0.15, -0.1) is 11.3 Å². The number of rotatable bonds is 6. The van der Waals surface area contributed by atoms with Gasteiger partial charge in [0.15, 0.2) is 0 Å². The van der Waals surface area contributed by atoms with E-state index in [1.807, 2.05) is 23.6 Å². The Bertz CT molecular complexity index is 1400. The lowest BCUT2D eigenvalue weighted by atomic mass is 9.97. The molecule has 0 spiro atoms. The summed E-state index contributed by atoms with van der Waals surface area (Å²) in [4.78, 5) is 12.8. The van der Waals surface area contributed by atoms with Crippen LogP contribution in [0.2, 0.25) is 0 Å². The Hall–Kier alpha value is -2.72. The molecule has 4 rings (SSSR count). The molecule has 156 valence electrons. The van der Waals surface area contributed by atoms with Crippen LogP contribution in [-0.2, 0) is 17.1 Å². The van der Waals surface area contributed by atoms with Crippen LogP contribution in [0.15, 0.2) is 57.5 Å². The molecule has 2 heterocycles. The smallest absolute Gasteiger partial charge is 0.268 e. The molecule has 0 bridgehead atoms. The minimum absolute atomic E-state index is 0.0502. The van der Waals surface area contributed by atoms with E-state index < -0.39 is 10.0 Å². The number of nitrogens with one attached hydrogen (secondary N) is 1. The van der Waals surface area contributed by atoms with E-state index in [0.717, 1.165) is 27.4 Å². The minimum Gasteiger partial charge on any atom is -0.496 e. The summed E-state index contributed by atoms with van der Waals surface area (Å²) in [5.41, 5.74) is 2.27. The first-order valence-corrected chi connectivity index (χ1v) is 11.5. The Morgan fingerprint density at radius 1 is 1.13 bits per heavy atom. The lowest BCUT2D eigenvalue weighted by molar-refractivity contribution is 0.301. The number of benzene rings is 2. The van der Waals surface area contributed by atoms with Crippen LogP contribution in [0.25, 0.3) is 32.1 Å². The van der Waals surface area contributed by atoms with Gasteiger partial charge in [0.05, 0.1) is 24.1 Å². The second kappa shape index (κ2) is 7.84. The third-order valence-corrected chi connectivity index (χ3v) is 7.40. The number of methoxy groups -OCH3 is 1. The highest BCUT2D eigenvalue weighted by atomic mass is 32.2. The predicted octanol–water partition coefficient (Wildman–Crippen LogP) is 2.70. The maximum absolute atomic E-state index is 12.7. The molecule has 9 heteroatoms. The topological polar surface area (TPSA) is 97.6 Å². The predicted molar refractivity (Wildman–Crippen MR) is 119 cm³/mol. The molecule has 0 radical (unpaired) electrons. The molecule has 2 N–H and O–H groups in total. The van der Waals surface area contributed by atoms with Crippen LogP contribution in [0.3, 0.4) is 0 Å². The number of aromatic nitrogens is 1. The van der Waals surface area contributed by atoms with Gasteiger partial charge >= 0.3 is 0 Å².